The standard InChI is InChI=1S/C11H19N3O/c1-3-9(2)14-8-4-7-13-11(15)10(14)5-6-12/h9-10H,3-5,7-8H2,1-2H3,(H,13,15). The first-order valence-corrected chi connectivity index (χ1v) is 5.61. The maximum atomic E-state index is 11.7. The zero-order chi connectivity index (χ0) is 11.3. The highest BCUT2D eigenvalue weighted by atomic mass is 16.2. The molecule has 1 saturated heterocycles. The summed E-state index contributed by atoms with van der Waals surface area (Å²) in [5.74, 6) is 0.00866. The average molecular weight is 209 g/mol. The first-order valence-electron chi connectivity index (χ1n) is 5.61. The van der Waals surface area contributed by atoms with Gasteiger partial charge in [0.15, 0.2) is 0 Å². The van der Waals surface area contributed by atoms with E-state index in [1.165, 1.54) is 0 Å². The molecular formula is C11H19N3O. The van der Waals surface area contributed by atoms with Crippen molar-refractivity contribution in [3.63, 3.8) is 0 Å². The lowest BCUT2D eigenvalue weighted by atomic mass is 10.1. The molecule has 1 aliphatic rings. The lowest BCUT2D eigenvalue weighted by Crippen LogP contribution is -2.47. The SMILES string of the molecule is CCC(C)N1CCCNC(=O)C1CC#N. The molecular weight excluding hydrogens is 190 g/mol. The van der Waals surface area contributed by atoms with E-state index in [-0.39, 0.29) is 18.4 Å². The van der Waals surface area contributed by atoms with Crippen molar-refractivity contribution in [3.05, 3.63) is 0 Å². The van der Waals surface area contributed by atoms with Crippen LogP contribution in [0.1, 0.15) is 33.1 Å². The number of nitriles is 1. The number of nitrogens with zero attached hydrogens (tertiary/aromatic N) is 2. The van der Waals surface area contributed by atoms with Gasteiger partial charge < -0.3 is 5.32 Å². The number of amides is 1. The predicted molar refractivity (Wildman–Crippen MR) is 58.1 cm³/mol. The highest BCUT2D eigenvalue weighted by Gasteiger charge is 2.30. The van der Waals surface area contributed by atoms with Crippen LogP contribution in [0.4, 0.5) is 0 Å². The number of rotatable bonds is 3. The molecule has 2 atom stereocenters. The summed E-state index contributed by atoms with van der Waals surface area (Å²) in [6, 6.07) is 2.21. The topological polar surface area (TPSA) is 56.1 Å². The Morgan fingerprint density at radius 1 is 1.73 bits per heavy atom. The van der Waals surface area contributed by atoms with Crippen LogP contribution in [-0.2, 0) is 4.79 Å². The summed E-state index contributed by atoms with van der Waals surface area (Å²) < 4.78 is 0. The maximum Gasteiger partial charge on any atom is 0.238 e. The maximum absolute atomic E-state index is 11.7. The van der Waals surface area contributed by atoms with Crippen molar-refractivity contribution in [2.75, 3.05) is 13.1 Å². The third-order valence-corrected chi connectivity index (χ3v) is 3.04. The van der Waals surface area contributed by atoms with E-state index in [1.807, 2.05) is 0 Å². The van der Waals surface area contributed by atoms with Gasteiger partial charge in [0.05, 0.1) is 12.5 Å². The van der Waals surface area contributed by atoms with E-state index in [4.69, 9.17) is 5.26 Å². The molecule has 2 unspecified atom stereocenters. The monoisotopic (exact) mass is 209 g/mol. The van der Waals surface area contributed by atoms with Crippen molar-refractivity contribution < 1.29 is 4.79 Å². The Balaban J connectivity index is 2.78. The van der Waals surface area contributed by atoms with Gasteiger partial charge in [0.1, 0.15) is 6.04 Å². The molecule has 1 rings (SSSR count). The Labute approximate surface area is 91.2 Å². The Bertz CT molecular complexity index is 259. The molecule has 0 spiro atoms. The summed E-state index contributed by atoms with van der Waals surface area (Å²) in [5.41, 5.74) is 0. The molecule has 4 nitrogen and oxygen atoms in total. The molecule has 15 heavy (non-hydrogen) atoms. The van der Waals surface area contributed by atoms with Crippen molar-refractivity contribution in [1.29, 1.82) is 5.26 Å². The first-order chi connectivity index (χ1) is 7.20. The fourth-order valence-electron chi connectivity index (χ4n) is 1.96. The van der Waals surface area contributed by atoms with Gasteiger partial charge in [-0.05, 0) is 19.8 Å². The van der Waals surface area contributed by atoms with E-state index < -0.39 is 0 Å². The van der Waals surface area contributed by atoms with Crippen molar-refractivity contribution in [1.82, 2.24) is 10.2 Å². The van der Waals surface area contributed by atoms with Crippen LogP contribution in [0.2, 0.25) is 0 Å². The summed E-state index contributed by atoms with van der Waals surface area (Å²) >= 11 is 0. The molecule has 1 fully saturated rings. The van der Waals surface area contributed by atoms with Crippen LogP contribution in [0.25, 0.3) is 0 Å². The lowest BCUT2D eigenvalue weighted by Gasteiger charge is -2.31. The lowest BCUT2D eigenvalue weighted by molar-refractivity contribution is -0.126. The van der Waals surface area contributed by atoms with Gasteiger partial charge in [0.2, 0.25) is 5.91 Å². The summed E-state index contributed by atoms with van der Waals surface area (Å²) in [4.78, 5) is 13.9. The fourth-order valence-corrected chi connectivity index (χ4v) is 1.96. The van der Waals surface area contributed by atoms with Crippen LogP contribution in [0.15, 0.2) is 0 Å². The normalized spacial score (nSPS) is 25.1. The molecule has 0 aliphatic carbocycles. The number of nitrogens with one attached hydrogen (secondary N) is 1. The van der Waals surface area contributed by atoms with Crippen LogP contribution in [0.5, 0.6) is 0 Å². The summed E-state index contributed by atoms with van der Waals surface area (Å²) in [6.45, 7) is 5.85. The Morgan fingerprint density at radius 2 is 2.47 bits per heavy atom. The second kappa shape index (κ2) is 5.72. The highest BCUT2D eigenvalue weighted by molar-refractivity contribution is 5.82. The summed E-state index contributed by atoms with van der Waals surface area (Å²) in [7, 11) is 0. The Hall–Kier alpha value is -1.08. The quantitative estimate of drug-likeness (QED) is 0.751. The molecule has 1 heterocycles. The molecule has 1 aliphatic heterocycles. The van der Waals surface area contributed by atoms with E-state index in [0.717, 1.165) is 25.9 Å². The molecule has 0 aromatic carbocycles. The van der Waals surface area contributed by atoms with Gasteiger partial charge in [-0.25, -0.2) is 0 Å². The van der Waals surface area contributed by atoms with Crippen molar-refractivity contribution in [2.24, 2.45) is 0 Å². The third-order valence-electron chi connectivity index (χ3n) is 3.04. The van der Waals surface area contributed by atoms with Crippen LogP contribution in [-0.4, -0.2) is 36.0 Å². The van der Waals surface area contributed by atoms with E-state index in [1.54, 1.807) is 0 Å². The number of carbonyl (C=O) groups is 1. The molecule has 0 aromatic rings. The van der Waals surface area contributed by atoms with Crippen molar-refractivity contribution >= 4 is 5.91 Å². The third kappa shape index (κ3) is 2.93. The minimum absolute atomic E-state index is 0.00866. The highest BCUT2D eigenvalue weighted by Crippen LogP contribution is 2.14. The van der Waals surface area contributed by atoms with Gasteiger partial charge in [-0.15, -0.1) is 0 Å². The van der Waals surface area contributed by atoms with E-state index in [9.17, 15) is 4.79 Å². The molecule has 1 N–H and O–H groups in total. The van der Waals surface area contributed by atoms with Crippen LogP contribution < -0.4 is 5.32 Å². The van der Waals surface area contributed by atoms with Gasteiger partial charge in [0, 0.05) is 19.1 Å². The molecule has 4 heteroatoms. The largest absolute Gasteiger partial charge is 0.355 e. The minimum atomic E-state index is -0.257. The van der Waals surface area contributed by atoms with Gasteiger partial charge in [-0.3, -0.25) is 9.69 Å². The summed E-state index contributed by atoms with van der Waals surface area (Å²) in [5, 5.41) is 11.6. The fraction of sp³-hybridized carbons (Fsp3) is 0.818. The van der Waals surface area contributed by atoms with Gasteiger partial charge in [-0.2, -0.15) is 5.26 Å². The van der Waals surface area contributed by atoms with Gasteiger partial charge in [-0.1, -0.05) is 6.92 Å². The van der Waals surface area contributed by atoms with Gasteiger partial charge in [0.25, 0.3) is 0 Å². The Morgan fingerprint density at radius 3 is 3.07 bits per heavy atom. The number of hydrogen-bond donors (Lipinski definition) is 1. The second-order valence-corrected chi connectivity index (χ2v) is 4.02. The van der Waals surface area contributed by atoms with Crippen LogP contribution in [0.3, 0.4) is 0 Å². The van der Waals surface area contributed by atoms with Crippen molar-refractivity contribution in [2.45, 2.75) is 45.2 Å². The smallest absolute Gasteiger partial charge is 0.238 e. The van der Waals surface area contributed by atoms with Crippen LogP contribution >= 0.6 is 0 Å². The molecule has 0 saturated carbocycles. The average Bonchev–Trinajstić information content (AvgIpc) is 2.42. The van der Waals surface area contributed by atoms with Crippen LogP contribution in [0, 0.1) is 11.3 Å². The molecule has 0 aromatic heterocycles. The van der Waals surface area contributed by atoms with E-state index >= 15 is 0 Å². The molecule has 0 radical (unpaired) electrons. The minimum Gasteiger partial charge on any atom is -0.355 e. The zero-order valence-corrected chi connectivity index (χ0v) is 9.49. The number of hydrogen-bond acceptors (Lipinski definition) is 3. The summed E-state index contributed by atoms with van der Waals surface area (Å²) in [6.07, 6.45) is 2.27. The molecule has 84 valence electrons. The van der Waals surface area contributed by atoms with Gasteiger partial charge >= 0.3 is 0 Å². The number of carbonyl (C=O) groups excluding carboxylic acids is 1. The van der Waals surface area contributed by atoms with E-state index in [2.05, 4.69) is 30.1 Å². The second-order valence-electron chi connectivity index (χ2n) is 4.02. The van der Waals surface area contributed by atoms with Crippen molar-refractivity contribution in [3.8, 4) is 6.07 Å². The first kappa shape index (κ1) is 12.0. The Kier molecular flexibility index (Phi) is 4.57. The molecule has 1 amide bonds. The predicted octanol–water partition coefficient (Wildman–Crippen LogP) is 0.889. The van der Waals surface area contributed by atoms with E-state index in [0.29, 0.717) is 6.04 Å². The zero-order valence-electron chi connectivity index (χ0n) is 9.49. The molecule has 0 bridgehead atoms.